The van der Waals surface area contributed by atoms with E-state index in [1.807, 2.05) is 0 Å². The number of carbonyl (C=O) groups is 1. The number of amides is 1. The number of hydrogen-bond acceptors (Lipinski definition) is 3. The minimum absolute atomic E-state index is 0.131. The Labute approximate surface area is 116 Å². The lowest BCUT2D eigenvalue weighted by molar-refractivity contribution is -0.121. The summed E-state index contributed by atoms with van der Waals surface area (Å²) in [7, 11) is 0. The normalized spacial score (nSPS) is 24.1. The maximum atomic E-state index is 11.8. The van der Waals surface area contributed by atoms with Gasteiger partial charge in [0.05, 0.1) is 6.54 Å². The molecule has 0 unspecified atom stereocenters. The third-order valence-electron chi connectivity index (χ3n) is 4.48. The molecule has 19 heavy (non-hydrogen) atoms. The van der Waals surface area contributed by atoms with Crippen molar-refractivity contribution in [2.45, 2.75) is 57.9 Å². The number of rotatable bonds is 5. The van der Waals surface area contributed by atoms with Gasteiger partial charge in [-0.3, -0.25) is 4.79 Å². The van der Waals surface area contributed by atoms with Gasteiger partial charge in [-0.15, -0.1) is 0 Å². The molecule has 110 valence electrons. The zero-order chi connectivity index (χ0) is 13.6. The van der Waals surface area contributed by atoms with Crippen LogP contribution in [0.1, 0.15) is 51.9 Å². The average Bonchev–Trinajstić information content (AvgIpc) is 2.40. The van der Waals surface area contributed by atoms with E-state index in [1.165, 1.54) is 32.1 Å². The molecule has 0 radical (unpaired) electrons. The molecule has 0 atom stereocenters. The van der Waals surface area contributed by atoms with Crippen LogP contribution in [0, 0.1) is 5.41 Å². The summed E-state index contributed by atoms with van der Waals surface area (Å²) in [5.41, 5.74) is 0.400. The Balaban J connectivity index is 1.60. The predicted octanol–water partition coefficient (Wildman–Crippen LogP) is 1.84. The molecule has 1 saturated heterocycles. The van der Waals surface area contributed by atoms with E-state index in [0.29, 0.717) is 18.0 Å². The van der Waals surface area contributed by atoms with Gasteiger partial charge in [0.25, 0.3) is 0 Å². The monoisotopic (exact) mass is 268 g/mol. The van der Waals surface area contributed by atoms with Crippen LogP contribution >= 0.6 is 0 Å². The van der Waals surface area contributed by atoms with Gasteiger partial charge in [-0.05, 0) is 31.1 Å². The van der Waals surface area contributed by atoms with Crippen molar-refractivity contribution in [1.29, 1.82) is 0 Å². The molecule has 1 heterocycles. The fraction of sp³-hybridized carbons (Fsp3) is 0.933. The van der Waals surface area contributed by atoms with E-state index in [9.17, 15) is 4.79 Å². The summed E-state index contributed by atoms with van der Waals surface area (Å²) < 4.78 is 5.29. The largest absolute Gasteiger partial charge is 0.381 e. The summed E-state index contributed by atoms with van der Waals surface area (Å²) >= 11 is 0. The van der Waals surface area contributed by atoms with Gasteiger partial charge in [-0.25, -0.2) is 0 Å². The molecule has 0 aromatic heterocycles. The minimum atomic E-state index is 0.131. The number of hydrogen-bond donors (Lipinski definition) is 2. The summed E-state index contributed by atoms with van der Waals surface area (Å²) in [5.74, 6) is 0.131. The Bertz CT molecular complexity index is 282. The first-order valence-corrected chi connectivity index (χ1v) is 7.76. The second-order valence-corrected chi connectivity index (χ2v) is 6.43. The average molecular weight is 268 g/mol. The van der Waals surface area contributed by atoms with Gasteiger partial charge in [-0.1, -0.05) is 26.2 Å². The highest BCUT2D eigenvalue weighted by molar-refractivity contribution is 5.78. The Morgan fingerprint density at radius 1 is 1.21 bits per heavy atom. The second-order valence-electron chi connectivity index (χ2n) is 6.43. The molecule has 2 aliphatic rings. The predicted molar refractivity (Wildman–Crippen MR) is 76.0 cm³/mol. The van der Waals surface area contributed by atoms with Crippen molar-refractivity contribution in [3.05, 3.63) is 0 Å². The summed E-state index contributed by atoms with van der Waals surface area (Å²) in [6, 6.07) is 0.313. The molecule has 2 rings (SSSR count). The van der Waals surface area contributed by atoms with Gasteiger partial charge in [0.15, 0.2) is 0 Å². The highest BCUT2D eigenvalue weighted by Crippen LogP contribution is 2.34. The molecular formula is C15H28N2O2. The third-order valence-corrected chi connectivity index (χ3v) is 4.48. The zero-order valence-corrected chi connectivity index (χ0v) is 12.2. The van der Waals surface area contributed by atoms with Gasteiger partial charge < -0.3 is 15.4 Å². The van der Waals surface area contributed by atoms with Crippen molar-refractivity contribution in [2.75, 3.05) is 26.3 Å². The molecule has 0 aromatic rings. The lowest BCUT2D eigenvalue weighted by atomic mass is 9.76. The van der Waals surface area contributed by atoms with Crippen LogP contribution < -0.4 is 10.6 Å². The van der Waals surface area contributed by atoms with E-state index in [-0.39, 0.29) is 5.91 Å². The van der Waals surface area contributed by atoms with Crippen LogP contribution in [0.15, 0.2) is 0 Å². The van der Waals surface area contributed by atoms with E-state index in [1.54, 1.807) is 0 Å². The van der Waals surface area contributed by atoms with Crippen molar-refractivity contribution in [3.8, 4) is 0 Å². The summed E-state index contributed by atoms with van der Waals surface area (Å²) in [4.78, 5) is 11.8. The van der Waals surface area contributed by atoms with E-state index in [0.717, 1.165) is 32.6 Å². The fourth-order valence-corrected chi connectivity index (χ4v) is 3.18. The van der Waals surface area contributed by atoms with Crippen molar-refractivity contribution < 1.29 is 9.53 Å². The molecule has 2 N–H and O–H groups in total. The van der Waals surface area contributed by atoms with E-state index >= 15 is 0 Å². The Morgan fingerprint density at radius 2 is 1.89 bits per heavy atom. The van der Waals surface area contributed by atoms with Gasteiger partial charge in [-0.2, -0.15) is 0 Å². The van der Waals surface area contributed by atoms with Crippen molar-refractivity contribution in [2.24, 2.45) is 5.41 Å². The quantitative estimate of drug-likeness (QED) is 0.800. The van der Waals surface area contributed by atoms with E-state index in [2.05, 4.69) is 17.6 Å². The molecule has 0 spiro atoms. The van der Waals surface area contributed by atoms with E-state index < -0.39 is 0 Å². The summed E-state index contributed by atoms with van der Waals surface area (Å²) in [5, 5.41) is 6.43. The van der Waals surface area contributed by atoms with Crippen molar-refractivity contribution in [1.82, 2.24) is 10.6 Å². The van der Waals surface area contributed by atoms with Crippen LogP contribution in [0.4, 0.5) is 0 Å². The lowest BCUT2D eigenvalue weighted by Crippen LogP contribution is -2.44. The van der Waals surface area contributed by atoms with Crippen LogP contribution in [0.25, 0.3) is 0 Å². The van der Waals surface area contributed by atoms with E-state index in [4.69, 9.17) is 4.74 Å². The Kier molecular flexibility index (Phi) is 5.64. The van der Waals surface area contributed by atoms with Gasteiger partial charge in [0, 0.05) is 25.8 Å². The molecule has 4 nitrogen and oxygen atoms in total. The number of carbonyl (C=O) groups excluding carboxylic acids is 1. The molecule has 1 amide bonds. The van der Waals surface area contributed by atoms with Crippen LogP contribution in [0.2, 0.25) is 0 Å². The molecule has 1 saturated carbocycles. The molecule has 4 heteroatoms. The first kappa shape index (κ1) is 14.8. The molecule has 2 fully saturated rings. The zero-order valence-electron chi connectivity index (χ0n) is 12.2. The second kappa shape index (κ2) is 7.25. The van der Waals surface area contributed by atoms with Gasteiger partial charge in [0.1, 0.15) is 0 Å². The summed E-state index contributed by atoms with van der Waals surface area (Å²) in [6.45, 7) is 5.31. The maximum Gasteiger partial charge on any atom is 0.234 e. The topological polar surface area (TPSA) is 50.4 Å². The van der Waals surface area contributed by atoms with Crippen LogP contribution in [-0.2, 0) is 9.53 Å². The Morgan fingerprint density at radius 3 is 2.58 bits per heavy atom. The van der Waals surface area contributed by atoms with Crippen molar-refractivity contribution in [3.63, 3.8) is 0 Å². The standard InChI is InChI=1S/C15H28N2O2/c1-15(7-3-2-4-8-15)12-16-11-14(18)17-13-5-9-19-10-6-13/h13,16H,2-12H2,1H3,(H,17,18). The molecular weight excluding hydrogens is 240 g/mol. The third kappa shape index (κ3) is 5.11. The minimum Gasteiger partial charge on any atom is -0.381 e. The number of nitrogens with one attached hydrogen (secondary N) is 2. The first-order valence-electron chi connectivity index (χ1n) is 7.76. The summed E-state index contributed by atoms with van der Waals surface area (Å²) in [6.07, 6.45) is 8.54. The molecule has 0 aromatic carbocycles. The fourth-order valence-electron chi connectivity index (χ4n) is 3.18. The highest BCUT2D eigenvalue weighted by atomic mass is 16.5. The van der Waals surface area contributed by atoms with Crippen molar-refractivity contribution >= 4 is 5.91 Å². The van der Waals surface area contributed by atoms with Crippen LogP contribution in [-0.4, -0.2) is 38.3 Å². The maximum absolute atomic E-state index is 11.8. The molecule has 1 aliphatic carbocycles. The lowest BCUT2D eigenvalue weighted by Gasteiger charge is -2.33. The van der Waals surface area contributed by atoms with Gasteiger partial charge >= 0.3 is 0 Å². The Hall–Kier alpha value is -0.610. The van der Waals surface area contributed by atoms with Crippen LogP contribution in [0.3, 0.4) is 0 Å². The SMILES string of the molecule is CC1(CNCC(=O)NC2CCOCC2)CCCCC1. The highest BCUT2D eigenvalue weighted by Gasteiger charge is 2.26. The van der Waals surface area contributed by atoms with Gasteiger partial charge in [0.2, 0.25) is 5.91 Å². The molecule has 1 aliphatic heterocycles. The number of ether oxygens (including phenoxy) is 1. The first-order chi connectivity index (χ1) is 9.18. The molecule has 0 bridgehead atoms. The smallest absolute Gasteiger partial charge is 0.234 e. The van der Waals surface area contributed by atoms with Crippen LogP contribution in [0.5, 0.6) is 0 Å².